The smallest absolute Gasteiger partial charge is 0.319 e. The maximum absolute atomic E-state index is 11.9. The number of nitrogens with one attached hydrogen (secondary N) is 2. The molecule has 1 aliphatic rings. The molecule has 1 aliphatic carbocycles. The van der Waals surface area contributed by atoms with Crippen molar-refractivity contribution in [1.82, 2.24) is 5.32 Å². The number of carbonyl (C=O) groups is 2. The van der Waals surface area contributed by atoms with Crippen molar-refractivity contribution in [2.24, 2.45) is 0 Å². The van der Waals surface area contributed by atoms with E-state index in [1.54, 1.807) is 24.3 Å². The van der Waals surface area contributed by atoms with Gasteiger partial charge in [-0.25, -0.2) is 4.79 Å². The molecule has 3 N–H and O–H groups in total. The quantitative estimate of drug-likeness (QED) is 0.741. The zero-order chi connectivity index (χ0) is 14.5. The Bertz CT molecular complexity index is 502. The lowest BCUT2D eigenvalue weighted by Crippen LogP contribution is -2.46. The lowest BCUT2D eigenvalue weighted by atomic mass is 9.93. The van der Waals surface area contributed by atoms with Crippen molar-refractivity contribution >= 4 is 17.5 Å². The second kappa shape index (κ2) is 6.52. The average Bonchev–Trinajstić information content (AvgIpc) is 2.41. The van der Waals surface area contributed by atoms with Gasteiger partial charge in [-0.1, -0.05) is 25.0 Å². The van der Waals surface area contributed by atoms with Crippen LogP contribution < -0.4 is 10.6 Å². The minimum Gasteiger partial charge on any atom is -0.391 e. The molecule has 20 heavy (non-hydrogen) atoms. The number of aliphatic hydroxyl groups excluding tert-OH is 1. The number of hydrogen-bond acceptors (Lipinski definition) is 3. The maximum atomic E-state index is 11.9. The van der Waals surface area contributed by atoms with Crippen LogP contribution in [0.25, 0.3) is 0 Å². The second-order valence-corrected chi connectivity index (χ2v) is 5.19. The van der Waals surface area contributed by atoms with E-state index in [1.807, 2.05) is 0 Å². The number of benzene rings is 1. The van der Waals surface area contributed by atoms with E-state index in [9.17, 15) is 14.7 Å². The first-order chi connectivity index (χ1) is 9.56. The molecule has 0 aliphatic heterocycles. The van der Waals surface area contributed by atoms with Crippen LogP contribution in [0.15, 0.2) is 24.3 Å². The minimum atomic E-state index is -0.474. The van der Waals surface area contributed by atoms with Crippen molar-refractivity contribution in [2.45, 2.75) is 44.8 Å². The summed E-state index contributed by atoms with van der Waals surface area (Å²) in [6.07, 6.45) is 3.06. The largest absolute Gasteiger partial charge is 0.391 e. The summed E-state index contributed by atoms with van der Waals surface area (Å²) < 4.78 is 0. The number of rotatable bonds is 3. The van der Waals surface area contributed by atoms with Crippen molar-refractivity contribution in [2.75, 3.05) is 5.32 Å². The molecule has 0 saturated heterocycles. The molecule has 2 rings (SSSR count). The summed E-state index contributed by atoms with van der Waals surface area (Å²) in [4.78, 5) is 23.2. The van der Waals surface area contributed by atoms with E-state index in [4.69, 9.17) is 0 Å². The fraction of sp³-hybridized carbons (Fsp3) is 0.467. The van der Waals surface area contributed by atoms with Crippen LogP contribution in [0.5, 0.6) is 0 Å². The van der Waals surface area contributed by atoms with Crippen molar-refractivity contribution < 1.29 is 14.7 Å². The van der Waals surface area contributed by atoms with Crippen LogP contribution in [-0.2, 0) is 0 Å². The van der Waals surface area contributed by atoms with Gasteiger partial charge < -0.3 is 15.7 Å². The molecule has 5 heteroatoms. The third kappa shape index (κ3) is 3.81. The first kappa shape index (κ1) is 14.5. The van der Waals surface area contributed by atoms with Gasteiger partial charge in [-0.3, -0.25) is 4.79 Å². The van der Waals surface area contributed by atoms with Crippen molar-refractivity contribution in [3.63, 3.8) is 0 Å². The van der Waals surface area contributed by atoms with Crippen LogP contribution in [0.3, 0.4) is 0 Å². The number of ketones is 1. The summed E-state index contributed by atoms with van der Waals surface area (Å²) in [5.41, 5.74) is 1.13. The first-order valence-electron chi connectivity index (χ1n) is 6.93. The molecule has 1 aromatic carbocycles. The second-order valence-electron chi connectivity index (χ2n) is 5.19. The van der Waals surface area contributed by atoms with Gasteiger partial charge in [-0.2, -0.15) is 0 Å². The molecule has 108 valence electrons. The van der Waals surface area contributed by atoms with Gasteiger partial charge >= 0.3 is 6.03 Å². The number of hydrogen-bond donors (Lipinski definition) is 3. The standard InChI is InChI=1S/C15H20N2O3/c1-10(18)11-5-4-6-12(9-11)16-15(20)17-13-7-2-3-8-14(13)19/h4-6,9,13-14,19H,2-3,7-8H2,1H3,(H2,16,17,20)/t13-,14+/m0/s1. The Balaban J connectivity index is 1.94. The summed E-state index contributed by atoms with van der Waals surface area (Å²) in [6, 6.07) is 6.25. The monoisotopic (exact) mass is 276 g/mol. The maximum Gasteiger partial charge on any atom is 0.319 e. The predicted molar refractivity (Wildman–Crippen MR) is 76.9 cm³/mol. The number of urea groups is 1. The van der Waals surface area contributed by atoms with E-state index in [2.05, 4.69) is 10.6 Å². The Hall–Kier alpha value is -1.88. The average molecular weight is 276 g/mol. The normalized spacial score (nSPS) is 22.1. The Kier molecular flexibility index (Phi) is 4.74. The summed E-state index contributed by atoms with van der Waals surface area (Å²) in [7, 11) is 0. The van der Waals surface area contributed by atoms with Crippen LogP contribution in [0.2, 0.25) is 0 Å². The van der Waals surface area contributed by atoms with Crippen LogP contribution in [0.4, 0.5) is 10.5 Å². The molecule has 0 radical (unpaired) electrons. The third-order valence-electron chi connectivity index (χ3n) is 3.57. The molecule has 0 bridgehead atoms. The van der Waals surface area contributed by atoms with E-state index in [-0.39, 0.29) is 17.9 Å². The highest BCUT2D eigenvalue weighted by molar-refractivity contribution is 5.96. The molecule has 1 fully saturated rings. The Morgan fingerprint density at radius 1 is 1.25 bits per heavy atom. The molecule has 2 amide bonds. The summed E-state index contributed by atoms with van der Waals surface area (Å²) in [5.74, 6) is -0.0447. The molecule has 1 saturated carbocycles. The zero-order valence-corrected chi connectivity index (χ0v) is 11.6. The van der Waals surface area contributed by atoms with Crippen LogP contribution in [0, 0.1) is 0 Å². The SMILES string of the molecule is CC(=O)c1cccc(NC(=O)N[C@H]2CCCC[C@H]2O)c1. The zero-order valence-electron chi connectivity index (χ0n) is 11.6. The predicted octanol–water partition coefficient (Wildman–Crippen LogP) is 2.31. The van der Waals surface area contributed by atoms with Crippen molar-refractivity contribution in [3.05, 3.63) is 29.8 Å². The van der Waals surface area contributed by atoms with E-state index in [0.29, 0.717) is 11.3 Å². The lowest BCUT2D eigenvalue weighted by molar-refractivity contribution is 0.0955. The Morgan fingerprint density at radius 2 is 2.00 bits per heavy atom. The molecule has 5 nitrogen and oxygen atoms in total. The van der Waals surface area contributed by atoms with Gasteiger partial charge in [0.1, 0.15) is 0 Å². The van der Waals surface area contributed by atoms with Gasteiger partial charge in [0, 0.05) is 11.3 Å². The van der Waals surface area contributed by atoms with Gasteiger partial charge in [-0.15, -0.1) is 0 Å². The first-order valence-corrected chi connectivity index (χ1v) is 6.93. The van der Waals surface area contributed by atoms with E-state index in [1.165, 1.54) is 6.92 Å². The Morgan fingerprint density at radius 3 is 2.70 bits per heavy atom. The molecular weight excluding hydrogens is 256 g/mol. The topological polar surface area (TPSA) is 78.4 Å². The highest BCUT2D eigenvalue weighted by Crippen LogP contribution is 2.18. The lowest BCUT2D eigenvalue weighted by Gasteiger charge is -2.28. The minimum absolute atomic E-state index is 0.0447. The Labute approximate surface area is 118 Å². The number of amides is 2. The van der Waals surface area contributed by atoms with E-state index in [0.717, 1.165) is 25.7 Å². The third-order valence-corrected chi connectivity index (χ3v) is 3.57. The molecule has 0 aromatic heterocycles. The number of Topliss-reactive ketones (excluding diaryl/α,β-unsaturated/α-hetero) is 1. The molecular formula is C15H20N2O3. The molecule has 0 spiro atoms. The van der Waals surface area contributed by atoms with Crippen molar-refractivity contribution in [1.29, 1.82) is 0 Å². The van der Waals surface area contributed by atoms with Crippen LogP contribution in [-0.4, -0.2) is 29.1 Å². The summed E-state index contributed by atoms with van der Waals surface area (Å²) in [6.45, 7) is 1.48. The van der Waals surface area contributed by atoms with Gasteiger partial charge in [-0.05, 0) is 31.9 Å². The van der Waals surface area contributed by atoms with E-state index < -0.39 is 6.10 Å². The highest BCUT2D eigenvalue weighted by atomic mass is 16.3. The fourth-order valence-electron chi connectivity index (χ4n) is 2.43. The van der Waals surface area contributed by atoms with Gasteiger partial charge in [0.25, 0.3) is 0 Å². The summed E-state index contributed by atoms with van der Waals surface area (Å²) >= 11 is 0. The van der Waals surface area contributed by atoms with Gasteiger partial charge in [0.2, 0.25) is 0 Å². The highest BCUT2D eigenvalue weighted by Gasteiger charge is 2.24. The van der Waals surface area contributed by atoms with Crippen molar-refractivity contribution in [3.8, 4) is 0 Å². The fourth-order valence-corrected chi connectivity index (χ4v) is 2.43. The van der Waals surface area contributed by atoms with Gasteiger partial charge in [0.05, 0.1) is 12.1 Å². The number of aliphatic hydroxyl groups is 1. The molecule has 0 unspecified atom stereocenters. The summed E-state index contributed by atoms with van der Waals surface area (Å²) in [5, 5.41) is 15.3. The van der Waals surface area contributed by atoms with Crippen LogP contribution in [0.1, 0.15) is 43.0 Å². The molecule has 1 aromatic rings. The molecule has 2 atom stereocenters. The van der Waals surface area contributed by atoms with Gasteiger partial charge in [0.15, 0.2) is 5.78 Å². The van der Waals surface area contributed by atoms with Crippen LogP contribution >= 0.6 is 0 Å². The molecule has 0 heterocycles. The van der Waals surface area contributed by atoms with E-state index >= 15 is 0 Å². The number of anilines is 1. The number of carbonyl (C=O) groups excluding carboxylic acids is 2.